The van der Waals surface area contributed by atoms with Gasteiger partial charge in [-0.2, -0.15) is 18.4 Å². The summed E-state index contributed by atoms with van der Waals surface area (Å²) >= 11 is 5.81. The molecule has 2 aromatic rings. The molecule has 0 saturated heterocycles. The van der Waals surface area contributed by atoms with E-state index in [0.717, 1.165) is 0 Å². The van der Waals surface area contributed by atoms with Crippen LogP contribution in [-0.2, 0) is 10.0 Å². The molecule has 0 bridgehead atoms. The molecule has 8 heteroatoms. The molecule has 0 heterocycles. The zero-order valence-corrected chi connectivity index (χ0v) is 13.1. The van der Waals surface area contributed by atoms with Crippen molar-refractivity contribution in [3.8, 4) is 11.5 Å². The Morgan fingerprint density at radius 2 is 2.05 bits per heavy atom. The van der Waals surface area contributed by atoms with Crippen molar-refractivity contribution < 1.29 is 18.3 Å². The first kappa shape index (κ1) is 16.1. The van der Waals surface area contributed by atoms with Crippen molar-refractivity contribution >= 4 is 27.8 Å². The largest absolute Gasteiger partial charge is 0.508 e. The number of sulfonamides is 1. The molecule has 0 aromatic heterocycles. The first-order chi connectivity index (χ1) is 10.4. The zero-order valence-electron chi connectivity index (χ0n) is 11.5. The van der Waals surface area contributed by atoms with Crippen LogP contribution in [-0.4, -0.2) is 26.8 Å². The maximum absolute atomic E-state index is 12.2. The van der Waals surface area contributed by atoms with Crippen LogP contribution in [0, 0.1) is 0 Å². The molecule has 2 aromatic carbocycles. The lowest BCUT2D eigenvalue weighted by molar-refractivity contribution is 0.402. The van der Waals surface area contributed by atoms with Crippen LogP contribution < -0.4 is 9.57 Å². The van der Waals surface area contributed by atoms with Gasteiger partial charge in [0.15, 0.2) is 0 Å². The van der Waals surface area contributed by atoms with E-state index in [4.69, 9.17) is 16.3 Å². The van der Waals surface area contributed by atoms with Gasteiger partial charge in [-0.1, -0.05) is 23.7 Å². The van der Waals surface area contributed by atoms with Gasteiger partial charge in [0.1, 0.15) is 16.4 Å². The van der Waals surface area contributed by atoms with E-state index >= 15 is 0 Å². The number of nitrogens with one attached hydrogen (secondary N) is 1. The Bertz CT molecular complexity index is 806. The fourth-order valence-corrected chi connectivity index (χ4v) is 2.91. The van der Waals surface area contributed by atoms with Gasteiger partial charge in [-0.25, -0.2) is 0 Å². The first-order valence-corrected chi connectivity index (χ1v) is 7.96. The lowest BCUT2D eigenvalue weighted by Crippen LogP contribution is -2.19. The Labute approximate surface area is 133 Å². The van der Waals surface area contributed by atoms with E-state index in [9.17, 15) is 13.5 Å². The molecule has 0 aliphatic carbocycles. The smallest absolute Gasteiger partial charge is 0.280 e. The minimum atomic E-state index is -3.93. The minimum Gasteiger partial charge on any atom is -0.508 e. The number of hydrazone groups is 1. The highest BCUT2D eigenvalue weighted by Crippen LogP contribution is 2.26. The third kappa shape index (κ3) is 3.90. The van der Waals surface area contributed by atoms with E-state index < -0.39 is 10.0 Å². The van der Waals surface area contributed by atoms with Crippen molar-refractivity contribution in [3.63, 3.8) is 0 Å². The van der Waals surface area contributed by atoms with Gasteiger partial charge in [0, 0.05) is 5.02 Å². The Hall–Kier alpha value is -2.25. The van der Waals surface area contributed by atoms with Crippen molar-refractivity contribution in [2.45, 2.75) is 4.90 Å². The van der Waals surface area contributed by atoms with Gasteiger partial charge in [-0.05, 0) is 35.9 Å². The standard InChI is InChI=1S/C14H13ClN2O4S/c1-21-13-6-5-11(15)8-14(13)22(19,20)17-16-9-10-3-2-4-12(18)7-10/h2-9,17-18H,1H3/b16-9+. The van der Waals surface area contributed by atoms with Crippen LogP contribution in [0.5, 0.6) is 11.5 Å². The number of phenolic OH excluding ortho intramolecular Hbond substituents is 1. The predicted molar refractivity (Wildman–Crippen MR) is 84.0 cm³/mol. The summed E-state index contributed by atoms with van der Waals surface area (Å²) in [5.41, 5.74) is 0.542. The number of rotatable bonds is 5. The lowest BCUT2D eigenvalue weighted by Gasteiger charge is -2.09. The molecule has 0 fully saturated rings. The molecule has 6 nitrogen and oxygen atoms in total. The highest BCUT2D eigenvalue weighted by molar-refractivity contribution is 7.89. The number of aromatic hydroxyl groups is 1. The summed E-state index contributed by atoms with van der Waals surface area (Å²) < 4.78 is 29.4. The molecule has 2 rings (SSSR count). The second-order valence-electron chi connectivity index (χ2n) is 4.24. The molecule has 0 amide bonds. The van der Waals surface area contributed by atoms with Crippen LogP contribution in [0.4, 0.5) is 0 Å². The number of phenols is 1. The minimum absolute atomic E-state index is 0.0586. The number of hydrogen-bond acceptors (Lipinski definition) is 5. The quantitative estimate of drug-likeness (QED) is 0.646. The number of ether oxygens (including phenoxy) is 1. The topological polar surface area (TPSA) is 88.0 Å². The molecular weight excluding hydrogens is 328 g/mol. The molecule has 0 aliphatic heterocycles. The SMILES string of the molecule is COc1ccc(Cl)cc1S(=O)(=O)N/N=C/c1cccc(O)c1. The second kappa shape index (κ2) is 6.67. The van der Waals surface area contributed by atoms with Crippen LogP contribution in [0.2, 0.25) is 5.02 Å². The maximum atomic E-state index is 12.2. The van der Waals surface area contributed by atoms with Crippen molar-refractivity contribution in [1.29, 1.82) is 0 Å². The summed E-state index contributed by atoms with van der Waals surface area (Å²) in [4.78, 5) is 1.95. The maximum Gasteiger partial charge on any atom is 0.280 e. The van der Waals surface area contributed by atoms with E-state index in [1.54, 1.807) is 12.1 Å². The van der Waals surface area contributed by atoms with Crippen LogP contribution in [0.1, 0.15) is 5.56 Å². The lowest BCUT2D eigenvalue weighted by atomic mass is 10.2. The van der Waals surface area contributed by atoms with E-state index in [-0.39, 0.29) is 21.4 Å². The Balaban J connectivity index is 2.23. The molecule has 116 valence electrons. The average Bonchev–Trinajstić information content (AvgIpc) is 2.47. The third-order valence-electron chi connectivity index (χ3n) is 2.67. The number of hydrogen-bond donors (Lipinski definition) is 2. The molecule has 22 heavy (non-hydrogen) atoms. The van der Waals surface area contributed by atoms with Crippen LogP contribution in [0.3, 0.4) is 0 Å². The van der Waals surface area contributed by atoms with Gasteiger partial charge in [0.2, 0.25) is 0 Å². The fraction of sp³-hybridized carbons (Fsp3) is 0.0714. The number of methoxy groups -OCH3 is 1. The normalized spacial score (nSPS) is 11.5. The van der Waals surface area contributed by atoms with Crippen LogP contribution in [0.15, 0.2) is 52.5 Å². The van der Waals surface area contributed by atoms with E-state index in [1.807, 2.05) is 0 Å². The Kier molecular flexibility index (Phi) is 4.89. The van der Waals surface area contributed by atoms with Gasteiger partial charge in [-0.3, -0.25) is 0 Å². The van der Waals surface area contributed by atoms with Crippen LogP contribution >= 0.6 is 11.6 Å². The van der Waals surface area contributed by atoms with E-state index in [1.165, 1.54) is 43.7 Å². The predicted octanol–water partition coefficient (Wildman–Crippen LogP) is 2.37. The Morgan fingerprint density at radius 1 is 1.27 bits per heavy atom. The summed E-state index contributed by atoms with van der Waals surface area (Å²) in [7, 11) is -2.57. The van der Waals surface area contributed by atoms with Crippen molar-refractivity contribution in [1.82, 2.24) is 4.83 Å². The molecule has 0 unspecified atom stereocenters. The average molecular weight is 341 g/mol. The monoisotopic (exact) mass is 340 g/mol. The molecule has 0 radical (unpaired) electrons. The summed E-state index contributed by atoms with van der Waals surface area (Å²) in [6.45, 7) is 0. The summed E-state index contributed by atoms with van der Waals surface area (Å²) in [5, 5.41) is 13.2. The number of benzene rings is 2. The zero-order chi connectivity index (χ0) is 16.2. The molecule has 0 spiro atoms. The van der Waals surface area contributed by atoms with Gasteiger partial charge in [-0.15, -0.1) is 0 Å². The number of halogens is 1. The molecule has 0 aliphatic rings. The van der Waals surface area contributed by atoms with Crippen molar-refractivity contribution in [2.75, 3.05) is 7.11 Å². The first-order valence-electron chi connectivity index (χ1n) is 6.10. The van der Waals surface area contributed by atoms with Crippen molar-refractivity contribution in [3.05, 3.63) is 53.1 Å². The highest BCUT2D eigenvalue weighted by atomic mass is 35.5. The number of nitrogens with zero attached hydrogens (tertiary/aromatic N) is 1. The summed E-state index contributed by atoms with van der Waals surface area (Å²) in [5.74, 6) is 0.216. The van der Waals surface area contributed by atoms with E-state index in [0.29, 0.717) is 5.56 Å². The molecule has 2 N–H and O–H groups in total. The van der Waals surface area contributed by atoms with Gasteiger partial charge >= 0.3 is 0 Å². The summed E-state index contributed by atoms with van der Waals surface area (Å²) in [6, 6.07) is 10.5. The van der Waals surface area contributed by atoms with E-state index in [2.05, 4.69) is 9.93 Å². The van der Waals surface area contributed by atoms with Gasteiger partial charge < -0.3 is 9.84 Å². The fourth-order valence-electron chi connectivity index (χ4n) is 1.69. The third-order valence-corrected chi connectivity index (χ3v) is 4.15. The van der Waals surface area contributed by atoms with Gasteiger partial charge in [0.25, 0.3) is 10.0 Å². The molecular formula is C14H13ClN2O4S. The second-order valence-corrected chi connectivity index (χ2v) is 6.31. The summed E-state index contributed by atoms with van der Waals surface area (Å²) in [6.07, 6.45) is 1.27. The molecule has 0 saturated carbocycles. The molecule has 0 atom stereocenters. The Morgan fingerprint density at radius 3 is 2.73 bits per heavy atom. The van der Waals surface area contributed by atoms with Gasteiger partial charge in [0.05, 0.1) is 13.3 Å². The van der Waals surface area contributed by atoms with Crippen LogP contribution in [0.25, 0.3) is 0 Å². The van der Waals surface area contributed by atoms with Crippen molar-refractivity contribution in [2.24, 2.45) is 5.10 Å². The highest BCUT2D eigenvalue weighted by Gasteiger charge is 2.19.